The van der Waals surface area contributed by atoms with E-state index in [-0.39, 0.29) is 22.4 Å². The van der Waals surface area contributed by atoms with Crippen molar-refractivity contribution in [3.8, 4) is 0 Å². The molecule has 0 bridgehead atoms. The van der Waals surface area contributed by atoms with Gasteiger partial charge in [0.2, 0.25) is 21.8 Å². The predicted octanol–water partition coefficient (Wildman–Crippen LogP) is 3.02. The number of rotatable bonds is 7. The highest BCUT2D eigenvalue weighted by molar-refractivity contribution is 7.89. The first-order valence-corrected chi connectivity index (χ1v) is 11.2. The third-order valence-corrected chi connectivity index (χ3v) is 6.63. The highest BCUT2D eigenvalue weighted by Crippen LogP contribution is 2.23. The van der Waals surface area contributed by atoms with Crippen LogP contribution in [0.5, 0.6) is 0 Å². The van der Waals surface area contributed by atoms with Gasteiger partial charge in [-0.1, -0.05) is 32.0 Å². The second kappa shape index (κ2) is 9.23. The Bertz CT molecular complexity index is 1160. The zero-order valence-corrected chi connectivity index (χ0v) is 18.3. The number of ether oxygens (including phenoxy) is 1. The lowest BCUT2D eigenvalue weighted by atomic mass is 10.1. The summed E-state index contributed by atoms with van der Waals surface area (Å²) in [6.07, 6.45) is 1.56. The number of aliphatic imine (C=N–C) groups is 1. The molecule has 0 spiro atoms. The van der Waals surface area contributed by atoms with Crippen LogP contribution in [0.25, 0.3) is 6.08 Å². The molecule has 8 nitrogen and oxygen atoms in total. The van der Waals surface area contributed by atoms with Crippen molar-refractivity contribution >= 4 is 39.6 Å². The van der Waals surface area contributed by atoms with Gasteiger partial charge in [-0.15, -0.1) is 0 Å². The quantitative estimate of drug-likeness (QED) is 0.525. The van der Waals surface area contributed by atoms with Crippen molar-refractivity contribution in [3.05, 3.63) is 65.4 Å². The van der Waals surface area contributed by atoms with E-state index in [9.17, 15) is 18.0 Å². The first-order chi connectivity index (χ1) is 14.7. The van der Waals surface area contributed by atoms with Crippen LogP contribution in [-0.4, -0.2) is 43.6 Å². The van der Waals surface area contributed by atoms with Gasteiger partial charge in [0.15, 0.2) is 5.70 Å². The van der Waals surface area contributed by atoms with Crippen LogP contribution in [0.15, 0.2) is 64.1 Å². The largest absolute Gasteiger partial charge is 0.402 e. The van der Waals surface area contributed by atoms with Crippen LogP contribution in [0.3, 0.4) is 0 Å². The molecule has 0 aliphatic carbocycles. The van der Waals surface area contributed by atoms with Crippen LogP contribution in [-0.2, 0) is 24.3 Å². The van der Waals surface area contributed by atoms with E-state index in [4.69, 9.17) is 4.74 Å². The topological polar surface area (TPSA) is 105 Å². The van der Waals surface area contributed by atoms with Crippen LogP contribution in [0.1, 0.15) is 31.9 Å². The molecule has 1 aliphatic heterocycles. The standard InChI is InChI=1S/C22H23N3O5S/c1-4-25(5-2)31(28,29)19-8-6-7-17(14-19)21-24-20(22(27)30-21)13-16-9-11-18(12-10-16)23-15(3)26/h6-14H,4-5H2,1-3H3,(H,23,26). The van der Waals surface area contributed by atoms with E-state index in [0.29, 0.717) is 29.9 Å². The molecule has 9 heteroatoms. The zero-order chi connectivity index (χ0) is 22.6. The zero-order valence-electron chi connectivity index (χ0n) is 17.5. The highest BCUT2D eigenvalue weighted by Gasteiger charge is 2.27. The summed E-state index contributed by atoms with van der Waals surface area (Å²) in [7, 11) is -3.65. The Balaban J connectivity index is 1.88. The van der Waals surface area contributed by atoms with E-state index in [1.807, 2.05) is 0 Å². The van der Waals surface area contributed by atoms with Crippen LogP contribution in [0, 0.1) is 0 Å². The van der Waals surface area contributed by atoms with Crippen molar-refractivity contribution in [2.24, 2.45) is 4.99 Å². The fourth-order valence-electron chi connectivity index (χ4n) is 3.06. The van der Waals surface area contributed by atoms with Gasteiger partial charge in [0.1, 0.15) is 0 Å². The molecule has 2 aromatic rings. The molecule has 1 amide bonds. The Labute approximate surface area is 181 Å². The molecule has 31 heavy (non-hydrogen) atoms. The fourth-order valence-corrected chi connectivity index (χ4v) is 4.56. The molecule has 0 radical (unpaired) electrons. The van der Waals surface area contributed by atoms with Crippen molar-refractivity contribution in [1.29, 1.82) is 0 Å². The summed E-state index contributed by atoms with van der Waals surface area (Å²) < 4.78 is 32.2. The Morgan fingerprint density at radius 3 is 2.42 bits per heavy atom. The Hall–Kier alpha value is -3.30. The minimum Gasteiger partial charge on any atom is -0.402 e. The Morgan fingerprint density at radius 1 is 1.13 bits per heavy atom. The maximum Gasteiger partial charge on any atom is 0.363 e. The first-order valence-electron chi connectivity index (χ1n) is 9.75. The number of cyclic esters (lactones) is 1. The van der Waals surface area contributed by atoms with Gasteiger partial charge in [-0.05, 0) is 42.0 Å². The Morgan fingerprint density at radius 2 is 1.81 bits per heavy atom. The van der Waals surface area contributed by atoms with Crippen molar-refractivity contribution in [2.75, 3.05) is 18.4 Å². The molecule has 2 aromatic carbocycles. The number of nitrogens with one attached hydrogen (secondary N) is 1. The number of amides is 1. The maximum atomic E-state index is 12.8. The van der Waals surface area contributed by atoms with E-state index >= 15 is 0 Å². The normalized spacial score (nSPS) is 15.2. The molecule has 1 heterocycles. The van der Waals surface area contributed by atoms with Gasteiger partial charge in [0.25, 0.3) is 0 Å². The number of anilines is 1. The SMILES string of the molecule is CCN(CC)S(=O)(=O)c1cccc(C2=NC(=Cc3ccc(NC(C)=O)cc3)C(=O)O2)c1. The summed E-state index contributed by atoms with van der Waals surface area (Å²) in [6, 6.07) is 13.1. The van der Waals surface area contributed by atoms with Crippen molar-refractivity contribution in [3.63, 3.8) is 0 Å². The summed E-state index contributed by atoms with van der Waals surface area (Å²) in [4.78, 5) is 27.7. The summed E-state index contributed by atoms with van der Waals surface area (Å²) in [5.74, 6) is -0.759. The summed E-state index contributed by atoms with van der Waals surface area (Å²) in [6.45, 7) is 5.67. The molecule has 0 fully saturated rings. The minimum absolute atomic E-state index is 0.0442. The third-order valence-electron chi connectivity index (χ3n) is 4.58. The van der Waals surface area contributed by atoms with Gasteiger partial charge < -0.3 is 10.1 Å². The number of benzene rings is 2. The van der Waals surface area contributed by atoms with Crippen LogP contribution in [0.4, 0.5) is 5.69 Å². The lowest BCUT2D eigenvalue weighted by Gasteiger charge is -2.18. The smallest absolute Gasteiger partial charge is 0.363 e. The number of hydrogen-bond donors (Lipinski definition) is 1. The van der Waals surface area contributed by atoms with Gasteiger partial charge in [0, 0.05) is 31.3 Å². The maximum absolute atomic E-state index is 12.8. The molecule has 0 aromatic heterocycles. The number of nitrogens with zero attached hydrogens (tertiary/aromatic N) is 2. The third kappa shape index (κ3) is 5.07. The molecule has 1 N–H and O–H groups in total. The van der Waals surface area contributed by atoms with Gasteiger partial charge in [0.05, 0.1) is 4.90 Å². The second-order valence-electron chi connectivity index (χ2n) is 6.76. The minimum atomic E-state index is -3.65. The molecule has 0 saturated heterocycles. The van der Waals surface area contributed by atoms with E-state index in [0.717, 1.165) is 0 Å². The second-order valence-corrected chi connectivity index (χ2v) is 8.69. The lowest BCUT2D eigenvalue weighted by molar-refractivity contribution is -0.129. The molecular weight excluding hydrogens is 418 g/mol. The first kappa shape index (κ1) is 22.4. The van der Waals surface area contributed by atoms with Crippen molar-refractivity contribution in [1.82, 2.24) is 4.31 Å². The molecule has 1 aliphatic rings. The van der Waals surface area contributed by atoms with E-state index < -0.39 is 16.0 Å². The molecule has 0 unspecified atom stereocenters. The fraction of sp³-hybridized carbons (Fsp3) is 0.227. The molecule has 0 atom stereocenters. The summed E-state index contributed by atoms with van der Waals surface area (Å²) in [5.41, 5.74) is 1.83. The van der Waals surface area contributed by atoms with Crippen molar-refractivity contribution < 1.29 is 22.7 Å². The van der Waals surface area contributed by atoms with E-state index in [1.165, 1.54) is 23.4 Å². The van der Waals surface area contributed by atoms with Crippen LogP contribution >= 0.6 is 0 Å². The Kier molecular flexibility index (Phi) is 6.67. The average molecular weight is 442 g/mol. The van der Waals surface area contributed by atoms with Gasteiger partial charge in [-0.25, -0.2) is 18.2 Å². The molecule has 162 valence electrons. The molecule has 3 rings (SSSR count). The lowest BCUT2D eigenvalue weighted by Crippen LogP contribution is -2.30. The van der Waals surface area contributed by atoms with E-state index in [2.05, 4.69) is 10.3 Å². The van der Waals surface area contributed by atoms with Crippen LogP contribution < -0.4 is 5.32 Å². The summed E-state index contributed by atoms with van der Waals surface area (Å²) >= 11 is 0. The van der Waals surface area contributed by atoms with Crippen LogP contribution in [0.2, 0.25) is 0 Å². The monoisotopic (exact) mass is 441 g/mol. The number of hydrogen-bond acceptors (Lipinski definition) is 6. The number of sulfonamides is 1. The van der Waals surface area contributed by atoms with Gasteiger partial charge in [-0.3, -0.25) is 4.79 Å². The number of carbonyl (C=O) groups is 2. The van der Waals surface area contributed by atoms with Gasteiger partial charge >= 0.3 is 5.97 Å². The molecular formula is C22H23N3O5S. The number of carbonyl (C=O) groups excluding carboxylic acids is 2. The predicted molar refractivity (Wildman–Crippen MR) is 118 cm³/mol. The van der Waals surface area contributed by atoms with Gasteiger partial charge in [-0.2, -0.15) is 4.31 Å². The molecule has 0 saturated carbocycles. The highest BCUT2D eigenvalue weighted by atomic mass is 32.2. The van der Waals surface area contributed by atoms with Crippen molar-refractivity contribution in [2.45, 2.75) is 25.7 Å². The van der Waals surface area contributed by atoms with E-state index in [1.54, 1.807) is 56.3 Å². The summed E-state index contributed by atoms with van der Waals surface area (Å²) in [5, 5.41) is 2.67. The average Bonchev–Trinajstić information content (AvgIpc) is 3.10. The number of esters is 1.